The van der Waals surface area contributed by atoms with Gasteiger partial charge in [0, 0.05) is 6.54 Å². The number of imidazole rings is 1. The number of ether oxygens (including phenoxy) is 1. The van der Waals surface area contributed by atoms with Gasteiger partial charge in [-0.1, -0.05) is 23.2 Å². The van der Waals surface area contributed by atoms with Gasteiger partial charge < -0.3 is 9.30 Å². The zero-order chi connectivity index (χ0) is 13.8. The van der Waals surface area contributed by atoms with Crippen LogP contribution in [0.1, 0.15) is 11.4 Å². The molecule has 0 N–H and O–H groups in total. The molecule has 0 aliphatic carbocycles. The molecule has 0 fully saturated rings. The maximum absolute atomic E-state index is 12.9. The van der Waals surface area contributed by atoms with E-state index >= 15 is 0 Å². The van der Waals surface area contributed by atoms with Gasteiger partial charge in [-0.2, -0.15) is 13.2 Å². The number of hydrogen-bond acceptors (Lipinski definition) is 2. The topological polar surface area (TPSA) is 27.1 Å². The van der Waals surface area contributed by atoms with Crippen molar-refractivity contribution >= 4 is 34.2 Å². The minimum Gasteiger partial charge on any atom is -0.372 e. The van der Waals surface area contributed by atoms with E-state index in [4.69, 9.17) is 27.9 Å². The van der Waals surface area contributed by atoms with Gasteiger partial charge in [-0.05, 0) is 6.07 Å². The van der Waals surface area contributed by atoms with E-state index in [1.807, 2.05) is 0 Å². The molecule has 1 aliphatic heterocycles. The molecule has 0 amide bonds. The standard InChI is InChI=1S/C11H7Cl2F3N2O/c12-5-3-6-10(9(13)8(5)11(14,15)16)17-7-4-19-2-1-18(6)7/h3H,1-2,4H2. The Morgan fingerprint density at radius 1 is 1.32 bits per heavy atom. The molecule has 0 bridgehead atoms. The highest BCUT2D eigenvalue weighted by Crippen LogP contribution is 2.43. The maximum Gasteiger partial charge on any atom is 0.419 e. The molecule has 1 aliphatic rings. The molecule has 0 unspecified atom stereocenters. The van der Waals surface area contributed by atoms with Crippen molar-refractivity contribution in [3.63, 3.8) is 0 Å². The van der Waals surface area contributed by atoms with Crippen molar-refractivity contribution in [3.05, 3.63) is 27.5 Å². The summed E-state index contributed by atoms with van der Waals surface area (Å²) in [5.74, 6) is 0.554. The van der Waals surface area contributed by atoms with Crippen molar-refractivity contribution in [2.24, 2.45) is 0 Å². The van der Waals surface area contributed by atoms with E-state index in [1.54, 1.807) is 4.57 Å². The molecule has 1 aromatic heterocycles. The molecule has 1 aromatic carbocycles. The first-order valence-electron chi connectivity index (χ1n) is 5.41. The predicted octanol–water partition coefficient (Wildman–Crippen LogP) is 3.89. The Morgan fingerprint density at radius 2 is 2.05 bits per heavy atom. The first-order chi connectivity index (χ1) is 8.89. The van der Waals surface area contributed by atoms with E-state index in [-0.39, 0.29) is 12.1 Å². The number of hydrogen-bond donors (Lipinski definition) is 0. The minimum atomic E-state index is -4.61. The van der Waals surface area contributed by atoms with Gasteiger partial charge >= 0.3 is 6.18 Å². The molecule has 0 spiro atoms. The fraction of sp³-hybridized carbons (Fsp3) is 0.364. The van der Waals surface area contributed by atoms with Gasteiger partial charge in [-0.3, -0.25) is 0 Å². The Bertz CT molecular complexity index is 666. The minimum absolute atomic E-state index is 0.110. The number of benzene rings is 1. The Balaban J connectivity index is 2.34. The quantitative estimate of drug-likeness (QED) is 0.738. The summed E-state index contributed by atoms with van der Waals surface area (Å²) in [5.41, 5.74) is -0.431. The van der Waals surface area contributed by atoms with Crippen molar-refractivity contribution in [2.45, 2.75) is 19.3 Å². The second-order valence-electron chi connectivity index (χ2n) is 4.15. The Kier molecular flexibility index (Phi) is 2.92. The lowest BCUT2D eigenvalue weighted by molar-refractivity contribution is -0.137. The molecule has 0 saturated carbocycles. The molecule has 2 aromatic rings. The number of fused-ring (bicyclic) bond motifs is 3. The lowest BCUT2D eigenvalue weighted by Gasteiger charge is -2.15. The predicted molar refractivity (Wildman–Crippen MR) is 64.4 cm³/mol. The largest absolute Gasteiger partial charge is 0.419 e. The van der Waals surface area contributed by atoms with Gasteiger partial charge in [0.15, 0.2) is 0 Å². The third-order valence-electron chi connectivity index (χ3n) is 2.99. The van der Waals surface area contributed by atoms with Gasteiger partial charge in [-0.15, -0.1) is 0 Å². The molecular formula is C11H7Cl2F3N2O. The Morgan fingerprint density at radius 3 is 2.74 bits per heavy atom. The zero-order valence-corrected chi connectivity index (χ0v) is 10.9. The summed E-state index contributed by atoms with van der Waals surface area (Å²) in [4.78, 5) is 4.12. The van der Waals surface area contributed by atoms with Crippen LogP contribution >= 0.6 is 23.2 Å². The molecule has 3 rings (SSSR count). The lowest BCUT2D eigenvalue weighted by atomic mass is 10.2. The van der Waals surface area contributed by atoms with Crippen LogP contribution < -0.4 is 0 Å². The van der Waals surface area contributed by atoms with E-state index in [0.29, 0.717) is 24.5 Å². The molecule has 0 radical (unpaired) electrons. The highest BCUT2D eigenvalue weighted by atomic mass is 35.5. The van der Waals surface area contributed by atoms with Crippen molar-refractivity contribution in [3.8, 4) is 0 Å². The highest BCUT2D eigenvalue weighted by molar-refractivity contribution is 6.39. The summed E-state index contributed by atoms with van der Waals surface area (Å²) in [6, 6.07) is 1.26. The molecule has 19 heavy (non-hydrogen) atoms. The van der Waals surface area contributed by atoms with Crippen LogP contribution in [0.5, 0.6) is 0 Å². The molecule has 2 heterocycles. The second-order valence-corrected chi connectivity index (χ2v) is 4.93. The number of rotatable bonds is 0. The third-order valence-corrected chi connectivity index (χ3v) is 3.66. The molecule has 8 heteroatoms. The van der Waals surface area contributed by atoms with Crippen LogP contribution in [0.2, 0.25) is 10.0 Å². The van der Waals surface area contributed by atoms with Crippen LogP contribution in [0, 0.1) is 0 Å². The molecule has 0 atom stereocenters. The average Bonchev–Trinajstić information content (AvgIpc) is 2.67. The summed E-state index contributed by atoms with van der Waals surface area (Å²) >= 11 is 11.5. The van der Waals surface area contributed by atoms with Crippen molar-refractivity contribution in [1.82, 2.24) is 9.55 Å². The van der Waals surface area contributed by atoms with E-state index in [2.05, 4.69) is 4.98 Å². The van der Waals surface area contributed by atoms with E-state index in [9.17, 15) is 13.2 Å². The molecule has 102 valence electrons. The van der Waals surface area contributed by atoms with Gasteiger partial charge in [0.2, 0.25) is 0 Å². The van der Waals surface area contributed by atoms with Crippen LogP contribution in [0.15, 0.2) is 6.07 Å². The van der Waals surface area contributed by atoms with Crippen LogP contribution in [-0.2, 0) is 24.1 Å². The van der Waals surface area contributed by atoms with Gasteiger partial charge in [0.1, 0.15) is 17.9 Å². The highest BCUT2D eigenvalue weighted by Gasteiger charge is 2.37. The van der Waals surface area contributed by atoms with Gasteiger partial charge in [-0.25, -0.2) is 4.98 Å². The van der Waals surface area contributed by atoms with E-state index < -0.39 is 21.8 Å². The summed E-state index contributed by atoms with van der Waals surface area (Å²) < 4.78 is 45.7. The summed E-state index contributed by atoms with van der Waals surface area (Å²) in [7, 11) is 0. The fourth-order valence-corrected chi connectivity index (χ4v) is 2.88. The maximum atomic E-state index is 12.9. The Hall–Kier alpha value is -0.980. The van der Waals surface area contributed by atoms with E-state index in [1.165, 1.54) is 6.07 Å². The first-order valence-corrected chi connectivity index (χ1v) is 6.17. The summed E-state index contributed by atoms with van der Waals surface area (Å²) in [6.07, 6.45) is -4.61. The van der Waals surface area contributed by atoms with Crippen LogP contribution in [0.25, 0.3) is 11.0 Å². The number of nitrogens with zero attached hydrogens (tertiary/aromatic N) is 2. The fourth-order valence-electron chi connectivity index (χ4n) is 2.18. The molecule has 3 nitrogen and oxygen atoms in total. The Labute approximate surface area is 115 Å². The van der Waals surface area contributed by atoms with E-state index in [0.717, 1.165) is 0 Å². The van der Waals surface area contributed by atoms with Crippen LogP contribution in [-0.4, -0.2) is 16.2 Å². The van der Waals surface area contributed by atoms with Gasteiger partial charge in [0.05, 0.1) is 27.7 Å². The molecular weight excluding hydrogens is 304 g/mol. The smallest absolute Gasteiger partial charge is 0.372 e. The summed E-state index contributed by atoms with van der Waals surface area (Å²) in [6.45, 7) is 1.25. The number of aromatic nitrogens is 2. The van der Waals surface area contributed by atoms with Gasteiger partial charge in [0.25, 0.3) is 0 Å². The number of alkyl halides is 3. The van der Waals surface area contributed by atoms with Crippen molar-refractivity contribution in [2.75, 3.05) is 6.61 Å². The normalized spacial score (nSPS) is 15.8. The van der Waals surface area contributed by atoms with Crippen molar-refractivity contribution in [1.29, 1.82) is 0 Å². The monoisotopic (exact) mass is 310 g/mol. The first kappa shape index (κ1) is 13.0. The SMILES string of the molecule is FC(F)(F)c1c(Cl)cc2c(nc3n2CCOC3)c1Cl. The zero-order valence-electron chi connectivity index (χ0n) is 9.39. The van der Waals surface area contributed by atoms with Crippen molar-refractivity contribution < 1.29 is 17.9 Å². The molecule has 0 saturated heterocycles. The van der Waals surface area contributed by atoms with Crippen LogP contribution in [0.4, 0.5) is 13.2 Å². The lowest BCUT2D eigenvalue weighted by Crippen LogP contribution is -2.16. The summed E-state index contributed by atoms with van der Waals surface area (Å²) in [5, 5.41) is -0.879. The van der Waals surface area contributed by atoms with Crippen LogP contribution in [0.3, 0.4) is 0 Å². The average molecular weight is 311 g/mol. The third kappa shape index (κ3) is 1.98. The number of halogens is 5. The second kappa shape index (κ2) is 4.26.